The average molecular weight is 510 g/mol. The van der Waals surface area contributed by atoms with Crippen LogP contribution in [0.25, 0.3) is 27.9 Å². The largest absolute Gasteiger partial charge is 0.382 e. The normalized spacial score (nSPS) is 14.5. The number of halogens is 2. The second-order valence-electron chi connectivity index (χ2n) is 8.65. The molecule has 1 aromatic carbocycles. The molecule has 0 aliphatic carbocycles. The van der Waals surface area contributed by atoms with Crippen LogP contribution in [-0.4, -0.2) is 59.8 Å². The van der Waals surface area contributed by atoms with E-state index in [2.05, 4.69) is 20.9 Å². The van der Waals surface area contributed by atoms with Gasteiger partial charge in [0.25, 0.3) is 5.56 Å². The molecule has 1 fully saturated rings. The van der Waals surface area contributed by atoms with E-state index in [1.165, 1.54) is 0 Å². The molecule has 0 radical (unpaired) electrons. The molecule has 0 atom stereocenters. The van der Waals surface area contributed by atoms with Gasteiger partial charge in [0.15, 0.2) is 0 Å². The molecule has 5 rings (SSSR count). The fraction of sp³-hybridized carbons (Fsp3) is 0.231. The Balaban J connectivity index is 1.56. The van der Waals surface area contributed by atoms with Crippen LogP contribution in [0.1, 0.15) is 5.56 Å². The third kappa shape index (κ3) is 4.93. The van der Waals surface area contributed by atoms with E-state index in [0.717, 1.165) is 46.5 Å². The van der Waals surface area contributed by atoms with Gasteiger partial charge < -0.3 is 19.5 Å². The lowest BCUT2D eigenvalue weighted by Gasteiger charge is -2.28. The topological polar surface area (TPSA) is 66.4 Å². The van der Waals surface area contributed by atoms with Gasteiger partial charge in [-0.1, -0.05) is 23.2 Å². The summed E-state index contributed by atoms with van der Waals surface area (Å²) >= 11 is 12.5. The number of hydrogen-bond acceptors (Lipinski definition) is 5. The smallest absolute Gasteiger partial charge is 0.255 e. The summed E-state index contributed by atoms with van der Waals surface area (Å²) < 4.78 is 7.07. The summed E-state index contributed by atoms with van der Waals surface area (Å²) in [6, 6.07) is 10.9. The molecule has 0 unspecified atom stereocenters. The molecular weight excluding hydrogens is 485 g/mol. The zero-order valence-electron chi connectivity index (χ0n) is 19.5. The summed E-state index contributed by atoms with van der Waals surface area (Å²) in [7, 11) is 3.80. The van der Waals surface area contributed by atoms with Crippen LogP contribution in [-0.2, 0) is 4.74 Å². The number of nitrogens with one attached hydrogen (secondary N) is 1. The summed E-state index contributed by atoms with van der Waals surface area (Å²) in [6.45, 7) is 3.07. The number of rotatable bonds is 5. The number of aromatic nitrogens is 3. The second kappa shape index (κ2) is 9.77. The van der Waals surface area contributed by atoms with Crippen LogP contribution in [0.2, 0.25) is 10.0 Å². The summed E-state index contributed by atoms with van der Waals surface area (Å²) in [5.41, 5.74) is 4.82. The van der Waals surface area contributed by atoms with Crippen LogP contribution in [0.3, 0.4) is 0 Å². The van der Waals surface area contributed by atoms with E-state index in [0.29, 0.717) is 29.0 Å². The van der Waals surface area contributed by atoms with Gasteiger partial charge in [0, 0.05) is 78.4 Å². The lowest BCUT2D eigenvalue weighted by molar-refractivity contribution is 0.122. The van der Waals surface area contributed by atoms with Gasteiger partial charge in [-0.2, -0.15) is 0 Å². The Bertz CT molecular complexity index is 1450. The van der Waals surface area contributed by atoms with E-state index in [1.807, 2.05) is 43.7 Å². The van der Waals surface area contributed by atoms with Crippen LogP contribution >= 0.6 is 23.2 Å². The van der Waals surface area contributed by atoms with Crippen molar-refractivity contribution in [2.45, 2.75) is 0 Å². The van der Waals surface area contributed by atoms with Crippen molar-refractivity contribution in [3.05, 3.63) is 87.2 Å². The van der Waals surface area contributed by atoms with Crippen LogP contribution < -0.4 is 10.5 Å². The van der Waals surface area contributed by atoms with E-state index in [9.17, 15) is 4.79 Å². The molecule has 1 N–H and O–H groups in total. The fourth-order valence-corrected chi connectivity index (χ4v) is 4.82. The zero-order chi connectivity index (χ0) is 24.5. The Kier molecular flexibility index (Phi) is 6.56. The van der Waals surface area contributed by atoms with Crippen LogP contribution in [0.15, 0.2) is 66.0 Å². The average Bonchev–Trinajstić information content (AvgIpc) is 3.26. The third-order valence-electron chi connectivity index (χ3n) is 5.92. The Morgan fingerprint density at radius 3 is 2.54 bits per heavy atom. The Labute approximate surface area is 213 Å². The molecule has 1 saturated heterocycles. The van der Waals surface area contributed by atoms with Gasteiger partial charge in [0.05, 0.1) is 30.8 Å². The Hall–Kier alpha value is -3.26. The van der Waals surface area contributed by atoms with E-state index in [4.69, 9.17) is 27.9 Å². The lowest BCUT2D eigenvalue weighted by Crippen LogP contribution is -2.36. The third-order valence-corrected chi connectivity index (χ3v) is 6.36. The minimum absolute atomic E-state index is 0.168. The molecular formula is C26H25Cl2N5O2. The predicted octanol–water partition coefficient (Wildman–Crippen LogP) is 4.94. The van der Waals surface area contributed by atoms with E-state index < -0.39 is 0 Å². The molecule has 35 heavy (non-hydrogen) atoms. The van der Waals surface area contributed by atoms with Crippen molar-refractivity contribution in [1.29, 1.82) is 0 Å². The SMILES string of the molecule is CN(C)/C=C(/c1cc(Cl)cc(Cl)c1)n1ccc(-c2c[nH]c3ncc(N4CCOCC4)cc23)cc1=O. The highest BCUT2D eigenvalue weighted by Crippen LogP contribution is 2.31. The first kappa shape index (κ1) is 23.5. The number of anilines is 1. The van der Waals surface area contributed by atoms with Crippen molar-refractivity contribution in [3.63, 3.8) is 0 Å². The second-order valence-corrected chi connectivity index (χ2v) is 9.52. The van der Waals surface area contributed by atoms with Crippen LogP contribution in [0.4, 0.5) is 5.69 Å². The van der Waals surface area contributed by atoms with E-state index >= 15 is 0 Å². The van der Waals surface area contributed by atoms with E-state index in [-0.39, 0.29) is 5.56 Å². The molecule has 0 bridgehead atoms. The molecule has 7 nitrogen and oxygen atoms in total. The predicted molar refractivity (Wildman–Crippen MR) is 142 cm³/mol. The number of nitrogens with zero attached hydrogens (tertiary/aromatic N) is 4. The number of benzene rings is 1. The fourth-order valence-electron chi connectivity index (χ4n) is 4.29. The maximum atomic E-state index is 13.3. The molecule has 0 saturated carbocycles. The summed E-state index contributed by atoms with van der Waals surface area (Å²) in [5, 5.41) is 1.98. The van der Waals surface area contributed by atoms with Gasteiger partial charge in [-0.15, -0.1) is 0 Å². The molecule has 0 spiro atoms. The van der Waals surface area contributed by atoms with Crippen LogP contribution in [0.5, 0.6) is 0 Å². The quantitative estimate of drug-likeness (QED) is 0.412. The van der Waals surface area contributed by atoms with Gasteiger partial charge in [0.2, 0.25) is 0 Å². The molecule has 4 heterocycles. The lowest BCUT2D eigenvalue weighted by atomic mass is 10.1. The first-order valence-corrected chi connectivity index (χ1v) is 12.0. The zero-order valence-corrected chi connectivity index (χ0v) is 21.0. The molecule has 4 aromatic rings. The minimum atomic E-state index is -0.168. The summed E-state index contributed by atoms with van der Waals surface area (Å²) in [5.74, 6) is 0. The summed E-state index contributed by atoms with van der Waals surface area (Å²) in [6.07, 6.45) is 7.42. The first-order valence-electron chi connectivity index (χ1n) is 11.3. The van der Waals surface area contributed by atoms with Crippen molar-refractivity contribution in [3.8, 4) is 11.1 Å². The summed E-state index contributed by atoms with van der Waals surface area (Å²) in [4.78, 5) is 25.3. The molecule has 9 heteroatoms. The number of pyridine rings is 2. The molecule has 0 amide bonds. The minimum Gasteiger partial charge on any atom is -0.382 e. The highest BCUT2D eigenvalue weighted by molar-refractivity contribution is 6.34. The van der Waals surface area contributed by atoms with Crippen LogP contribution in [0, 0.1) is 0 Å². The number of hydrogen-bond donors (Lipinski definition) is 1. The van der Waals surface area contributed by atoms with Gasteiger partial charge in [0.1, 0.15) is 5.65 Å². The number of morpholine rings is 1. The monoisotopic (exact) mass is 509 g/mol. The molecule has 180 valence electrons. The van der Waals surface area contributed by atoms with Crippen molar-refractivity contribution in [1.82, 2.24) is 19.4 Å². The maximum Gasteiger partial charge on any atom is 0.255 e. The maximum absolute atomic E-state index is 13.3. The Morgan fingerprint density at radius 2 is 1.86 bits per heavy atom. The molecule has 3 aromatic heterocycles. The van der Waals surface area contributed by atoms with Gasteiger partial charge in [-0.25, -0.2) is 4.98 Å². The molecule has 1 aliphatic heterocycles. The van der Waals surface area contributed by atoms with Crippen molar-refractivity contribution in [2.75, 3.05) is 45.3 Å². The number of ether oxygens (including phenoxy) is 1. The molecule has 1 aliphatic rings. The van der Waals surface area contributed by atoms with Gasteiger partial charge >= 0.3 is 0 Å². The van der Waals surface area contributed by atoms with Crippen molar-refractivity contribution in [2.24, 2.45) is 0 Å². The highest BCUT2D eigenvalue weighted by atomic mass is 35.5. The van der Waals surface area contributed by atoms with Gasteiger partial charge in [-0.05, 0) is 35.9 Å². The first-order chi connectivity index (χ1) is 16.9. The standard InChI is InChI=1S/C26H25Cl2N5O2/c1-31(2)16-24(18-9-19(27)12-20(28)10-18)33-4-3-17(11-25(33)34)23-15-30-26-22(23)13-21(14-29-26)32-5-7-35-8-6-32/h3-4,9-16H,5-8H2,1-2H3,(H,29,30)/b24-16-. The Morgan fingerprint density at radius 1 is 1.11 bits per heavy atom. The van der Waals surface area contributed by atoms with E-state index in [1.54, 1.807) is 35.0 Å². The number of fused-ring (bicyclic) bond motifs is 1. The van der Waals surface area contributed by atoms with Crippen molar-refractivity contribution >= 4 is 45.6 Å². The highest BCUT2D eigenvalue weighted by Gasteiger charge is 2.16. The number of H-pyrrole nitrogens is 1. The number of aromatic amines is 1. The van der Waals surface area contributed by atoms with Crippen molar-refractivity contribution < 1.29 is 4.74 Å². The van der Waals surface area contributed by atoms with Gasteiger partial charge in [-0.3, -0.25) is 9.36 Å².